The van der Waals surface area contributed by atoms with Gasteiger partial charge in [-0.1, -0.05) is 0 Å². The molecule has 0 spiro atoms. The highest BCUT2D eigenvalue weighted by Crippen LogP contribution is 2.28. The molecule has 1 unspecified atom stereocenters. The minimum absolute atomic E-state index is 0.0287. The number of likely N-dealkylation sites (tertiary alicyclic amines) is 1. The maximum Gasteiger partial charge on any atom is 0.410 e. The quantitative estimate of drug-likeness (QED) is 0.562. The number of pyridine rings is 1. The molecule has 2 fully saturated rings. The van der Waals surface area contributed by atoms with Crippen molar-refractivity contribution in [2.75, 3.05) is 29.9 Å². The Bertz CT molecular complexity index is 1350. The van der Waals surface area contributed by atoms with Gasteiger partial charge in [0.05, 0.1) is 24.3 Å². The molecule has 2 aliphatic rings. The standard InChI is InChI=1S/C25H29F2N7O3/c1-25(2,3)37-24(36)32-8-4-6-15(13-32)30-23-17(27)10-16(26)22(31-23)18-11-28-19-12-29-20(14-34(18)19)33-9-5-7-21(33)35/h10-12,14-15H,4-9,13H2,1-3H3,(H,30,31). The van der Waals surface area contributed by atoms with Gasteiger partial charge in [0.15, 0.2) is 28.9 Å². The third kappa shape index (κ3) is 5.18. The molecule has 37 heavy (non-hydrogen) atoms. The molecule has 2 amide bonds. The Morgan fingerprint density at radius 3 is 2.68 bits per heavy atom. The van der Waals surface area contributed by atoms with Crippen LogP contribution in [0.25, 0.3) is 17.0 Å². The number of amides is 2. The number of nitrogens with zero attached hydrogens (tertiary/aromatic N) is 6. The van der Waals surface area contributed by atoms with E-state index in [1.807, 2.05) is 0 Å². The zero-order chi connectivity index (χ0) is 26.3. The minimum atomic E-state index is -0.848. The van der Waals surface area contributed by atoms with E-state index in [0.29, 0.717) is 56.1 Å². The van der Waals surface area contributed by atoms with Crippen molar-refractivity contribution in [3.8, 4) is 11.4 Å². The van der Waals surface area contributed by atoms with Crippen LogP contribution in [0.3, 0.4) is 0 Å². The van der Waals surface area contributed by atoms with E-state index >= 15 is 0 Å². The molecule has 0 aromatic carbocycles. The Labute approximate surface area is 212 Å². The number of fused-ring (bicyclic) bond motifs is 1. The van der Waals surface area contributed by atoms with Gasteiger partial charge in [-0.15, -0.1) is 0 Å². The number of ether oxygens (including phenoxy) is 1. The molecule has 5 heterocycles. The number of carbonyl (C=O) groups is 2. The third-order valence-corrected chi connectivity index (χ3v) is 6.32. The molecule has 2 aliphatic heterocycles. The van der Waals surface area contributed by atoms with Gasteiger partial charge in [-0.3, -0.25) is 14.1 Å². The molecule has 1 N–H and O–H groups in total. The second-order valence-electron chi connectivity index (χ2n) is 10.3. The molecule has 12 heteroatoms. The van der Waals surface area contributed by atoms with E-state index in [1.54, 1.807) is 41.2 Å². The summed E-state index contributed by atoms with van der Waals surface area (Å²) in [4.78, 5) is 40.7. The van der Waals surface area contributed by atoms with E-state index < -0.39 is 23.3 Å². The van der Waals surface area contributed by atoms with Crippen molar-refractivity contribution in [1.29, 1.82) is 0 Å². The third-order valence-electron chi connectivity index (χ3n) is 6.32. The minimum Gasteiger partial charge on any atom is -0.444 e. The molecular formula is C25H29F2N7O3. The van der Waals surface area contributed by atoms with Gasteiger partial charge in [0, 0.05) is 38.2 Å². The average Bonchev–Trinajstić information content (AvgIpc) is 3.45. The topological polar surface area (TPSA) is 105 Å². The zero-order valence-corrected chi connectivity index (χ0v) is 21.0. The largest absolute Gasteiger partial charge is 0.444 e. The maximum absolute atomic E-state index is 15.0. The van der Waals surface area contributed by atoms with E-state index in [2.05, 4.69) is 20.3 Å². The summed E-state index contributed by atoms with van der Waals surface area (Å²) >= 11 is 0. The highest BCUT2D eigenvalue weighted by Gasteiger charge is 2.29. The van der Waals surface area contributed by atoms with Crippen molar-refractivity contribution in [3.05, 3.63) is 36.3 Å². The van der Waals surface area contributed by atoms with Crippen LogP contribution < -0.4 is 10.2 Å². The van der Waals surface area contributed by atoms with Crippen LogP contribution in [0.2, 0.25) is 0 Å². The van der Waals surface area contributed by atoms with Crippen LogP contribution >= 0.6 is 0 Å². The molecule has 5 rings (SSSR count). The lowest BCUT2D eigenvalue weighted by molar-refractivity contribution is -0.117. The Kier molecular flexibility index (Phi) is 6.42. The Hall–Kier alpha value is -3.83. The lowest BCUT2D eigenvalue weighted by Crippen LogP contribution is -2.47. The highest BCUT2D eigenvalue weighted by atomic mass is 19.1. The SMILES string of the molecule is CC(C)(C)OC(=O)N1CCCC(Nc2nc(-c3cnc4cnc(N5CCCC5=O)cn34)c(F)cc2F)C1. The predicted molar refractivity (Wildman–Crippen MR) is 132 cm³/mol. The monoisotopic (exact) mass is 513 g/mol. The van der Waals surface area contributed by atoms with Crippen molar-refractivity contribution in [3.63, 3.8) is 0 Å². The fraction of sp³-hybridized carbons (Fsp3) is 0.480. The number of hydrogen-bond donors (Lipinski definition) is 1. The first-order valence-corrected chi connectivity index (χ1v) is 12.3. The van der Waals surface area contributed by atoms with Gasteiger partial charge >= 0.3 is 6.09 Å². The smallest absolute Gasteiger partial charge is 0.410 e. The number of nitrogens with one attached hydrogen (secondary N) is 1. The second-order valence-corrected chi connectivity index (χ2v) is 10.3. The number of rotatable bonds is 4. The lowest BCUT2D eigenvalue weighted by Gasteiger charge is -2.34. The van der Waals surface area contributed by atoms with E-state index in [9.17, 15) is 18.4 Å². The van der Waals surface area contributed by atoms with E-state index in [1.165, 1.54) is 12.4 Å². The summed E-state index contributed by atoms with van der Waals surface area (Å²) in [5.41, 5.74) is 0.0133. The molecule has 196 valence electrons. The average molecular weight is 514 g/mol. The summed E-state index contributed by atoms with van der Waals surface area (Å²) in [6.07, 6.45) is 6.68. The van der Waals surface area contributed by atoms with Crippen LogP contribution in [0.4, 0.5) is 25.2 Å². The highest BCUT2D eigenvalue weighted by molar-refractivity contribution is 5.94. The second kappa shape index (κ2) is 9.56. The van der Waals surface area contributed by atoms with Gasteiger partial charge in [-0.05, 0) is 40.0 Å². The fourth-order valence-electron chi connectivity index (χ4n) is 4.61. The molecule has 0 bridgehead atoms. The summed E-state index contributed by atoms with van der Waals surface area (Å²) in [6.45, 7) is 6.79. The van der Waals surface area contributed by atoms with Crippen LogP contribution in [0.5, 0.6) is 0 Å². The number of piperidine rings is 1. The summed E-state index contributed by atoms with van der Waals surface area (Å²) in [5.74, 6) is -1.40. The van der Waals surface area contributed by atoms with Gasteiger partial charge in [0.1, 0.15) is 11.3 Å². The van der Waals surface area contributed by atoms with E-state index in [-0.39, 0.29) is 23.5 Å². The predicted octanol–water partition coefficient (Wildman–Crippen LogP) is 4.01. The normalized spacial score (nSPS) is 18.5. The Morgan fingerprint density at radius 1 is 1.14 bits per heavy atom. The van der Waals surface area contributed by atoms with Crippen molar-refractivity contribution >= 4 is 29.3 Å². The number of carbonyl (C=O) groups excluding carboxylic acids is 2. The summed E-state index contributed by atoms with van der Waals surface area (Å²) < 4.78 is 36.8. The van der Waals surface area contributed by atoms with Crippen LogP contribution in [0, 0.1) is 11.6 Å². The van der Waals surface area contributed by atoms with Crippen LogP contribution in [0.15, 0.2) is 24.7 Å². The molecule has 2 saturated heterocycles. The van der Waals surface area contributed by atoms with Crippen molar-refractivity contribution in [1.82, 2.24) is 24.3 Å². The van der Waals surface area contributed by atoms with Gasteiger partial charge in [-0.25, -0.2) is 28.5 Å². The molecule has 1 atom stereocenters. The van der Waals surface area contributed by atoms with Crippen molar-refractivity contribution < 1.29 is 23.1 Å². The van der Waals surface area contributed by atoms with Crippen molar-refractivity contribution in [2.24, 2.45) is 0 Å². The molecule has 0 radical (unpaired) electrons. The molecule has 0 saturated carbocycles. The first-order chi connectivity index (χ1) is 17.6. The molecule has 3 aromatic rings. The fourth-order valence-corrected chi connectivity index (χ4v) is 4.61. The maximum atomic E-state index is 15.0. The van der Waals surface area contributed by atoms with E-state index in [0.717, 1.165) is 12.5 Å². The first-order valence-electron chi connectivity index (χ1n) is 12.3. The van der Waals surface area contributed by atoms with E-state index in [4.69, 9.17) is 4.74 Å². The van der Waals surface area contributed by atoms with Crippen LogP contribution in [0.1, 0.15) is 46.5 Å². The molecule has 0 aliphatic carbocycles. The zero-order valence-electron chi connectivity index (χ0n) is 21.0. The van der Waals surface area contributed by atoms with Gasteiger partial charge in [0.2, 0.25) is 5.91 Å². The number of halogens is 2. The van der Waals surface area contributed by atoms with Crippen molar-refractivity contribution in [2.45, 2.75) is 58.1 Å². The summed E-state index contributed by atoms with van der Waals surface area (Å²) in [7, 11) is 0. The van der Waals surface area contributed by atoms with Gasteiger partial charge in [0.25, 0.3) is 0 Å². The van der Waals surface area contributed by atoms with Crippen LogP contribution in [-0.4, -0.2) is 67.5 Å². The van der Waals surface area contributed by atoms with Gasteiger partial charge < -0.3 is 15.0 Å². The Morgan fingerprint density at radius 2 is 1.95 bits per heavy atom. The van der Waals surface area contributed by atoms with Gasteiger partial charge in [-0.2, -0.15) is 0 Å². The number of aromatic nitrogens is 4. The number of imidazole rings is 1. The molecule has 3 aromatic heterocycles. The lowest BCUT2D eigenvalue weighted by atomic mass is 10.1. The molecular weight excluding hydrogens is 484 g/mol. The summed E-state index contributed by atoms with van der Waals surface area (Å²) in [6, 6.07) is 0.491. The summed E-state index contributed by atoms with van der Waals surface area (Å²) in [5, 5.41) is 3.04. The first kappa shape index (κ1) is 24.8. The molecule has 10 nitrogen and oxygen atoms in total. The number of hydrogen-bond acceptors (Lipinski definition) is 7. The van der Waals surface area contributed by atoms with Crippen LogP contribution in [-0.2, 0) is 9.53 Å². The Balaban J connectivity index is 1.41. The number of anilines is 2.